The fourth-order valence-electron chi connectivity index (χ4n) is 0.886. The molecule has 0 fully saturated rings. The molecule has 0 aliphatic heterocycles. The Balaban J connectivity index is 2.92. The highest BCUT2D eigenvalue weighted by Gasteiger charge is 1.85. The van der Waals surface area contributed by atoms with Gasteiger partial charge in [0.15, 0.2) is 0 Å². The van der Waals surface area contributed by atoms with Gasteiger partial charge in [-0.3, -0.25) is 0 Å². The summed E-state index contributed by atoms with van der Waals surface area (Å²) >= 11 is 5.08. The Labute approximate surface area is 66.3 Å². The van der Waals surface area contributed by atoms with Crippen molar-refractivity contribution in [2.75, 3.05) is 0 Å². The minimum atomic E-state index is 0.921. The summed E-state index contributed by atoms with van der Waals surface area (Å²) in [6.07, 6.45) is 3.16. The molecule has 0 unspecified atom stereocenters. The highest BCUT2D eigenvalue weighted by atomic mass is 32.1. The van der Waals surface area contributed by atoms with Gasteiger partial charge in [-0.15, -0.1) is 0 Å². The highest BCUT2D eigenvalue weighted by molar-refractivity contribution is 7.71. The fraction of sp³-hybridized carbons (Fsp3) is 0.375. The lowest BCUT2D eigenvalue weighted by molar-refractivity contribution is 0.667. The zero-order valence-electron chi connectivity index (χ0n) is 6.08. The van der Waals surface area contributed by atoms with E-state index in [1.54, 1.807) is 0 Å². The second-order valence-electron chi connectivity index (χ2n) is 2.23. The van der Waals surface area contributed by atoms with Crippen molar-refractivity contribution in [3.8, 4) is 0 Å². The van der Waals surface area contributed by atoms with Crippen LogP contribution in [0.3, 0.4) is 0 Å². The van der Waals surface area contributed by atoms with E-state index >= 15 is 0 Å². The predicted molar refractivity (Wildman–Crippen MR) is 45.6 cm³/mol. The molecule has 0 saturated carbocycles. The van der Waals surface area contributed by atoms with Gasteiger partial charge in [0.05, 0.1) is 0 Å². The van der Waals surface area contributed by atoms with Crippen LogP contribution in [0.2, 0.25) is 0 Å². The largest absolute Gasteiger partial charge is 0.339 e. The zero-order chi connectivity index (χ0) is 7.40. The van der Waals surface area contributed by atoms with Crippen molar-refractivity contribution in [2.24, 2.45) is 0 Å². The van der Waals surface area contributed by atoms with Crippen LogP contribution in [-0.2, 0) is 6.54 Å². The molecule has 0 amide bonds. The second-order valence-corrected chi connectivity index (χ2v) is 2.65. The van der Waals surface area contributed by atoms with E-state index in [9.17, 15) is 0 Å². The van der Waals surface area contributed by atoms with E-state index < -0.39 is 0 Å². The smallest absolute Gasteiger partial charge is 0.105 e. The lowest BCUT2D eigenvalue weighted by Crippen LogP contribution is -1.96. The Morgan fingerprint density at radius 2 is 2.30 bits per heavy atom. The van der Waals surface area contributed by atoms with Crippen molar-refractivity contribution >= 4 is 12.2 Å². The molecule has 0 spiro atoms. The third-order valence-corrected chi connectivity index (χ3v) is 1.73. The van der Waals surface area contributed by atoms with E-state index in [-0.39, 0.29) is 0 Å². The van der Waals surface area contributed by atoms with E-state index in [1.807, 2.05) is 24.4 Å². The summed E-state index contributed by atoms with van der Waals surface area (Å²) in [4.78, 5) is 0. The quantitative estimate of drug-likeness (QED) is 0.591. The lowest BCUT2D eigenvalue weighted by atomic mass is 10.4. The molecule has 0 atom stereocenters. The summed E-state index contributed by atoms with van der Waals surface area (Å²) in [5.41, 5.74) is 0. The van der Waals surface area contributed by atoms with Gasteiger partial charge < -0.3 is 4.57 Å². The third kappa shape index (κ3) is 1.67. The van der Waals surface area contributed by atoms with E-state index in [1.165, 1.54) is 0 Å². The molecule has 1 nitrogen and oxygen atoms in total. The van der Waals surface area contributed by atoms with Gasteiger partial charge in [0, 0.05) is 12.7 Å². The first kappa shape index (κ1) is 7.48. The standard InChI is InChI=1S/C8H11NS/c1-2-6-9-7-4-3-5-8(9)10/h3-5,7H,2,6H2,1H3. The van der Waals surface area contributed by atoms with Gasteiger partial charge >= 0.3 is 0 Å². The fourth-order valence-corrected chi connectivity index (χ4v) is 1.12. The molecule has 1 aromatic rings. The highest BCUT2D eigenvalue weighted by Crippen LogP contribution is 1.94. The molecule has 0 aliphatic carbocycles. The molecule has 0 saturated heterocycles. The number of pyridine rings is 1. The molecule has 2 heteroatoms. The van der Waals surface area contributed by atoms with Crippen LogP contribution in [0.15, 0.2) is 24.4 Å². The van der Waals surface area contributed by atoms with Crippen LogP contribution in [0.25, 0.3) is 0 Å². The number of nitrogens with zero attached hydrogens (tertiary/aromatic N) is 1. The van der Waals surface area contributed by atoms with Gasteiger partial charge in [-0.1, -0.05) is 25.2 Å². The Morgan fingerprint density at radius 1 is 1.50 bits per heavy atom. The topological polar surface area (TPSA) is 4.93 Å². The molecular formula is C8H11NS. The van der Waals surface area contributed by atoms with E-state index in [0.29, 0.717) is 0 Å². The molecule has 0 bridgehead atoms. The molecular weight excluding hydrogens is 142 g/mol. The van der Waals surface area contributed by atoms with Crippen LogP contribution in [0.5, 0.6) is 0 Å². The molecule has 1 aromatic heterocycles. The van der Waals surface area contributed by atoms with Gasteiger partial charge in [0.2, 0.25) is 0 Å². The summed E-state index contributed by atoms with van der Waals surface area (Å²) in [5, 5.41) is 0. The van der Waals surface area contributed by atoms with E-state index in [4.69, 9.17) is 12.2 Å². The Morgan fingerprint density at radius 3 is 2.90 bits per heavy atom. The van der Waals surface area contributed by atoms with Crippen LogP contribution in [0.4, 0.5) is 0 Å². The van der Waals surface area contributed by atoms with Gasteiger partial charge in [0.25, 0.3) is 0 Å². The molecule has 0 aliphatic rings. The molecule has 1 rings (SSSR count). The number of aromatic nitrogens is 1. The van der Waals surface area contributed by atoms with Crippen molar-refractivity contribution in [1.29, 1.82) is 0 Å². The Bertz CT molecular complexity index is 251. The SMILES string of the molecule is CCCn1ccccc1=S. The summed E-state index contributed by atoms with van der Waals surface area (Å²) in [5.74, 6) is 0. The third-order valence-electron chi connectivity index (χ3n) is 1.36. The number of rotatable bonds is 2. The first-order valence-electron chi connectivity index (χ1n) is 3.50. The Kier molecular flexibility index (Phi) is 2.63. The summed E-state index contributed by atoms with van der Waals surface area (Å²) in [6, 6.07) is 5.92. The number of hydrogen-bond acceptors (Lipinski definition) is 1. The maximum absolute atomic E-state index is 5.08. The number of aryl methyl sites for hydroxylation is 1. The normalized spacial score (nSPS) is 9.70. The van der Waals surface area contributed by atoms with Crippen molar-refractivity contribution in [2.45, 2.75) is 19.9 Å². The first-order valence-corrected chi connectivity index (χ1v) is 3.91. The number of hydrogen-bond donors (Lipinski definition) is 0. The van der Waals surface area contributed by atoms with Gasteiger partial charge in [0.1, 0.15) is 4.64 Å². The van der Waals surface area contributed by atoms with Crippen LogP contribution in [-0.4, -0.2) is 4.57 Å². The van der Waals surface area contributed by atoms with Crippen molar-refractivity contribution in [3.05, 3.63) is 29.0 Å². The van der Waals surface area contributed by atoms with Crippen LogP contribution < -0.4 is 0 Å². The molecule has 0 aromatic carbocycles. The van der Waals surface area contributed by atoms with Crippen molar-refractivity contribution in [1.82, 2.24) is 4.57 Å². The summed E-state index contributed by atoms with van der Waals surface area (Å²) in [7, 11) is 0. The van der Waals surface area contributed by atoms with Crippen LogP contribution in [0.1, 0.15) is 13.3 Å². The summed E-state index contributed by atoms with van der Waals surface area (Å²) < 4.78 is 3.00. The van der Waals surface area contributed by atoms with Crippen molar-refractivity contribution in [3.63, 3.8) is 0 Å². The predicted octanol–water partition coefficient (Wildman–Crippen LogP) is 2.63. The average molecular weight is 153 g/mol. The maximum Gasteiger partial charge on any atom is 0.105 e. The average Bonchev–Trinajstić information content (AvgIpc) is 1.94. The minimum absolute atomic E-state index is 0.921. The van der Waals surface area contributed by atoms with E-state index in [2.05, 4.69) is 11.5 Å². The van der Waals surface area contributed by atoms with Crippen LogP contribution in [0, 0.1) is 4.64 Å². The molecule has 54 valence electrons. The Hall–Kier alpha value is -0.630. The van der Waals surface area contributed by atoms with Crippen molar-refractivity contribution < 1.29 is 0 Å². The first-order chi connectivity index (χ1) is 4.84. The second kappa shape index (κ2) is 3.52. The molecule has 10 heavy (non-hydrogen) atoms. The monoisotopic (exact) mass is 153 g/mol. The molecule has 0 radical (unpaired) electrons. The van der Waals surface area contributed by atoms with Gasteiger partial charge in [-0.05, 0) is 18.6 Å². The summed E-state index contributed by atoms with van der Waals surface area (Å²) in [6.45, 7) is 3.18. The lowest BCUT2D eigenvalue weighted by Gasteiger charge is -2.01. The minimum Gasteiger partial charge on any atom is -0.339 e. The zero-order valence-corrected chi connectivity index (χ0v) is 6.90. The van der Waals surface area contributed by atoms with Gasteiger partial charge in [-0.25, -0.2) is 0 Å². The van der Waals surface area contributed by atoms with Gasteiger partial charge in [-0.2, -0.15) is 0 Å². The maximum atomic E-state index is 5.08. The van der Waals surface area contributed by atoms with Crippen LogP contribution >= 0.6 is 12.2 Å². The van der Waals surface area contributed by atoms with E-state index in [0.717, 1.165) is 17.6 Å². The molecule has 1 heterocycles. The molecule has 0 N–H and O–H groups in total.